The quantitative estimate of drug-likeness (QED) is 0.203. The van der Waals surface area contributed by atoms with Crippen molar-refractivity contribution in [3.63, 3.8) is 0 Å². The highest BCUT2D eigenvalue weighted by atomic mass is 32.2. The highest BCUT2D eigenvalue weighted by Crippen LogP contribution is 2.20. The molecule has 0 bridgehead atoms. The first kappa shape index (κ1) is 23.1. The van der Waals surface area contributed by atoms with E-state index in [9.17, 15) is 10.1 Å². The summed E-state index contributed by atoms with van der Waals surface area (Å²) in [6, 6.07) is 16.3. The van der Waals surface area contributed by atoms with E-state index in [4.69, 9.17) is 14.2 Å². The van der Waals surface area contributed by atoms with E-state index >= 15 is 0 Å². The number of nitrogens with one attached hydrogen (secondary N) is 1. The van der Waals surface area contributed by atoms with Gasteiger partial charge in [0.15, 0.2) is 0 Å². The van der Waals surface area contributed by atoms with Gasteiger partial charge in [-0.15, -0.1) is 0 Å². The van der Waals surface area contributed by atoms with Gasteiger partial charge in [0.2, 0.25) is 10.3 Å². The molecule has 0 saturated carbocycles. The summed E-state index contributed by atoms with van der Waals surface area (Å²) in [6.07, 6.45) is 3.35. The minimum atomic E-state index is -0.535. The normalized spacial score (nSPS) is 10.8. The highest BCUT2D eigenvalue weighted by Gasteiger charge is 2.12. The minimum Gasteiger partial charge on any atom is -0.497 e. The lowest BCUT2D eigenvalue weighted by atomic mass is 10.1. The van der Waals surface area contributed by atoms with Crippen molar-refractivity contribution >= 4 is 40.4 Å². The molecule has 0 aliphatic carbocycles. The Bertz CT molecular complexity index is 1110. The summed E-state index contributed by atoms with van der Waals surface area (Å²) in [4.78, 5) is 16.5. The first-order chi connectivity index (χ1) is 15.6. The lowest BCUT2D eigenvalue weighted by Gasteiger charge is -2.09. The molecule has 1 heterocycles. The van der Waals surface area contributed by atoms with Crippen LogP contribution in [0.25, 0.3) is 6.08 Å². The molecule has 0 atom stereocenters. The molecular weight excluding hydrogens is 448 g/mol. The fourth-order valence-electron chi connectivity index (χ4n) is 2.47. The zero-order valence-corrected chi connectivity index (χ0v) is 19.0. The third-order valence-electron chi connectivity index (χ3n) is 4.05. The van der Waals surface area contributed by atoms with E-state index in [1.807, 2.05) is 36.6 Å². The fourth-order valence-corrected chi connectivity index (χ4v) is 3.60. The van der Waals surface area contributed by atoms with Gasteiger partial charge in [-0.1, -0.05) is 23.9 Å². The molecule has 0 fully saturated rings. The number of hydrogen-bond acceptors (Lipinski definition) is 9. The van der Waals surface area contributed by atoms with Crippen molar-refractivity contribution in [2.45, 2.75) is 5.16 Å². The predicted molar refractivity (Wildman–Crippen MR) is 124 cm³/mol. The molecule has 0 aliphatic rings. The van der Waals surface area contributed by atoms with Crippen molar-refractivity contribution in [1.29, 1.82) is 5.26 Å². The summed E-state index contributed by atoms with van der Waals surface area (Å²) in [6.45, 7) is 0.754. The third kappa shape index (κ3) is 6.73. The molecule has 1 amide bonds. The number of nitrogens with zero attached hydrogens (tertiary/aromatic N) is 3. The average Bonchev–Trinajstić information content (AvgIpc) is 3.29. The summed E-state index contributed by atoms with van der Waals surface area (Å²) < 4.78 is 20.5. The Morgan fingerprint density at radius 2 is 1.69 bits per heavy atom. The average molecular weight is 469 g/mol. The zero-order valence-electron chi connectivity index (χ0n) is 17.4. The van der Waals surface area contributed by atoms with E-state index in [0.717, 1.165) is 23.0 Å². The van der Waals surface area contributed by atoms with Gasteiger partial charge in [-0.2, -0.15) is 14.6 Å². The Morgan fingerprint density at radius 1 is 1.09 bits per heavy atom. The summed E-state index contributed by atoms with van der Waals surface area (Å²) in [7, 11) is 1.61. The molecule has 8 nitrogen and oxygen atoms in total. The molecule has 3 aromatic rings. The first-order valence-electron chi connectivity index (χ1n) is 9.42. The molecule has 0 radical (unpaired) electrons. The van der Waals surface area contributed by atoms with Crippen molar-refractivity contribution in [3.05, 3.63) is 59.7 Å². The van der Waals surface area contributed by atoms with Crippen LogP contribution in [0.4, 0.5) is 5.13 Å². The maximum absolute atomic E-state index is 12.3. The van der Waals surface area contributed by atoms with Crippen molar-refractivity contribution in [2.75, 3.05) is 31.9 Å². The molecule has 0 unspecified atom stereocenters. The molecule has 32 heavy (non-hydrogen) atoms. The summed E-state index contributed by atoms with van der Waals surface area (Å²) in [5, 5.41) is 12.9. The molecule has 0 spiro atoms. The number of nitriles is 1. The SMILES string of the molecule is COc1ccc(OCCOc2ccc(/C=C(/C#N)C(=O)Nc3nc(SC)ns3)cc2)cc1. The van der Waals surface area contributed by atoms with E-state index in [1.165, 1.54) is 17.8 Å². The van der Waals surface area contributed by atoms with E-state index in [-0.39, 0.29) is 5.57 Å². The number of amides is 1. The van der Waals surface area contributed by atoms with Gasteiger partial charge in [-0.05, 0) is 54.3 Å². The Balaban J connectivity index is 1.50. The number of hydrogen-bond donors (Lipinski definition) is 1. The topological polar surface area (TPSA) is 106 Å². The smallest absolute Gasteiger partial charge is 0.268 e. The standard InChI is InChI=1S/C22H20N4O4S2/c1-28-17-7-9-19(10-8-17)30-12-11-29-18-5-3-15(4-6-18)13-16(14-23)20(27)24-21-25-22(31-2)26-32-21/h3-10,13H,11-12H2,1-2H3,(H,24,25,26,27)/b16-13-. The maximum atomic E-state index is 12.3. The van der Waals surface area contributed by atoms with Gasteiger partial charge in [-0.3, -0.25) is 10.1 Å². The van der Waals surface area contributed by atoms with Crippen molar-refractivity contribution < 1.29 is 19.0 Å². The molecule has 0 saturated heterocycles. The van der Waals surface area contributed by atoms with Gasteiger partial charge in [-0.25, -0.2) is 0 Å². The number of benzene rings is 2. The summed E-state index contributed by atoms with van der Waals surface area (Å²) in [5.74, 6) is 1.62. The van der Waals surface area contributed by atoms with E-state index < -0.39 is 5.91 Å². The van der Waals surface area contributed by atoms with Crippen LogP contribution >= 0.6 is 23.3 Å². The second kappa shape index (κ2) is 11.7. The highest BCUT2D eigenvalue weighted by molar-refractivity contribution is 7.98. The molecule has 164 valence electrons. The fraction of sp³-hybridized carbons (Fsp3) is 0.182. The van der Waals surface area contributed by atoms with Crippen LogP contribution in [0.2, 0.25) is 0 Å². The molecule has 0 aliphatic heterocycles. The maximum Gasteiger partial charge on any atom is 0.268 e. The van der Waals surface area contributed by atoms with E-state index in [2.05, 4.69) is 14.7 Å². The van der Waals surface area contributed by atoms with E-state index in [0.29, 0.717) is 34.8 Å². The van der Waals surface area contributed by atoms with Gasteiger partial charge in [0.25, 0.3) is 5.91 Å². The minimum absolute atomic E-state index is 0.0348. The van der Waals surface area contributed by atoms with Crippen molar-refractivity contribution in [2.24, 2.45) is 0 Å². The van der Waals surface area contributed by atoms with Crippen LogP contribution < -0.4 is 19.5 Å². The van der Waals surface area contributed by atoms with Crippen LogP contribution in [0.15, 0.2) is 59.3 Å². The van der Waals surface area contributed by atoms with Crippen LogP contribution in [-0.4, -0.2) is 41.8 Å². The number of thioether (sulfide) groups is 1. The summed E-state index contributed by atoms with van der Waals surface area (Å²) in [5.41, 5.74) is 0.660. The molecule has 1 N–H and O–H groups in total. The van der Waals surface area contributed by atoms with Gasteiger partial charge < -0.3 is 14.2 Å². The van der Waals surface area contributed by atoms with Crippen molar-refractivity contribution in [3.8, 4) is 23.3 Å². The molecule has 1 aromatic heterocycles. The van der Waals surface area contributed by atoms with Crippen LogP contribution in [0.1, 0.15) is 5.56 Å². The van der Waals surface area contributed by atoms with Crippen molar-refractivity contribution in [1.82, 2.24) is 9.36 Å². The molecule has 3 rings (SSSR count). The zero-order chi connectivity index (χ0) is 22.8. The second-order valence-electron chi connectivity index (χ2n) is 6.15. The number of carbonyl (C=O) groups is 1. The molecular formula is C22H20N4O4S2. The van der Waals surface area contributed by atoms with Crippen LogP contribution in [0.3, 0.4) is 0 Å². The number of rotatable bonds is 10. The third-order valence-corrected chi connectivity index (χ3v) is 5.34. The predicted octanol–water partition coefficient (Wildman–Crippen LogP) is 4.27. The monoisotopic (exact) mass is 468 g/mol. The van der Waals surface area contributed by atoms with E-state index in [1.54, 1.807) is 31.4 Å². The van der Waals surface area contributed by atoms with Crippen LogP contribution in [-0.2, 0) is 4.79 Å². The number of ether oxygens (including phenoxy) is 3. The van der Waals surface area contributed by atoms with Crippen LogP contribution in [0, 0.1) is 11.3 Å². The molecule has 10 heteroatoms. The number of methoxy groups -OCH3 is 1. The first-order valence-corrected chi connectivity index (χ1v) is 11.4. The lowest BCUT2D eigenvalue weighted by molar-refractivity contribution is -0.112. The Labute approximate surface area is 194 Å². The van der Waals surface area contributed by atoms with Gasteiger partial charge in [0.1, 0.15) is 42.1 Å². The second-order valence-corrected chi connectivity index (χ2v) is 7.68. The summed E-state index contributed by atoms with van der Waals surface area (Å²) >= 11 is 2.44. The largest absolute Gasteiger partial charge is 0.497 e. The number of carbonyl (C=O) groups excluding carboxylic acids is 1. The Kier molecular flexibility index (Phi) is 8.48. The number of anilines is 1. The lowest BCUT2D eigenvalue weighted by Crippen LogP contribution is -2.13. The number of aromatic nitrogens is 2. The Hall–Kier alpha value is -3.55. The van der Waals surface area contributed by atoms with Crippen LogP contribution in [0.5, 0.6) is 17.2 Å². The van der Waals surface area contributed by atoms with Gasteiger partial charge in [0.05, 0.1) is 7.11 Å². The van der Waals surface area contributed by atoms with Gasteiger partial charge >= 0.3 is 0 Å². The van der Waals surface area contributed by atoms with Gasteiger partial charge in [0, 0.05) is 11.5 Å². The molecule has 2 aromatic carbocycles. The Morgan fingerprint density at radius 3 is 2.22 bits per heavy atom.